The van der Waals surface area contributed by atoms with Crippen LogP contribution in [0, 0.1) is 62.6 Å². The van der Waals surface area contributed by atoms with E-state index in [0.717, 1.165) is 12.8 Å². The summed E-state index contributed by atoms with van der Waals surface area (Å²) in [5, 5.41) is 0. The Labute approximate surface area is 539 Å². The molecule has 10 nitrogen and oxygen atoms in total. The maximum atomic E-state index is 7.40. The highest BCUT2D eigenvalue weighted by molar-refractivity contribution is 5.18. The van der Waals surface area contributed by atoms with Crippen molar-refractivity contribution < 1.29 is 18.9 Å². The fraction of sp³-hybridized carbons (Fsp3) is 1.00. The number of rotatable bonds is 12. The Morgan fingerprint density at radius 1 is 0.253 bits per heavy atom. The minimum absolute atomic E-state index is 0.0228. The predicted molar refractivity (Wildman–Crippen MR) is 367 cm³/mol. The molecule has 8 fully saturated rings. The van der Waals surface area contributed by atoms with Crippen LogP contribution < -0.4 is 0 Å². The van der Waals surface area contributed by atoms with Gasteiger partial charge in [0.15, 0.2) is 12.6 Å². The molecular weight excluding hydrogens is 1070 g/mol. The Bertz CT molecular complexity index is 1940. The van der Waals surface area contributed by atoms with Gasteiger partial charge in [0.05, 0.1) is 31.8 Å². The summed E-state index contributed by atoms with van der Waals surface area (Å²) in [6, 6.07) is 0. The fourth-order valence-corrected chi connectivity index (χ4v) is 23.4. The van der Waals surface area contributed by atoms with Crippen LogP contribution >= 0.6 is 0 Å². The van der Waals surface area contributed by atoms with E-state index in [-0.39, 0.29) is 106 Å². The van der Waals surface area contributed by atoms with Gasteiger partial charge in [0.25, 0.3) is 0 Å². The summed E-state index contributed by atoms with van der Waals surface area (Å²) in [5.41, 5.74) is -0.251. The Morgan fingerprint density at radius 3 is 0.506 bits per heavy atom. The summed E-state index contributed by atoms with van der Waals surface area (Å²) >= 11 is 0. The lowest BCUT2D eigenvalue weighted by atomic mass is 9.44. The second-order valence-electron chi connectivity index (χ2n) is 41.7. The summed E-state index contributed by atoms with van der Waals surface area (Å²) < 4.78 is 29.6. The molecule has 0 unspecified atom stereocenters. The molecule has 0 aromatic heterocycles. The van der Waals surface area contributed by atoms with E-state index in [1.165, 1.54) is 77.0 Å². The van der Waals surface area contributed by atoms with Gasteiger partial charge in [-0.2, -0.15) is 0 Å². The average Bonchev–Trinajstić information content (AvgIpc) is 0.713. The molecule has 0 atom stereocenters. The van der Waals surface area contributed by atoms with Crippen LogP contribution in [0.4, 0.5) is 0 Å². The maximum Gasteiger partial charge on any atom is 0.162 e. The number of hydrogen-bond donors (Lipinski definition) is 0. The van der Waals surface area contributed by atoms with E-state index in [1.54, 1.807) is 0 Å². The van der Waals surface area contributed by atoms with Crippen molar-refractivity contribution in [2.75, 3.05) is 68.7 Å². The van der Waals surface area contributed by atoms with Gasteiger partial charge in [-0.05, 0) is 345 Å². The summed E-state index contributed by atoms with van der Waals surface area (Å²) in [7, 11) is 14.5. The van der Waals surface area contributed by atoms with Crippen molar-refractivity contribution in [3.8, 4) is 0 Å². The maximum absolute atomic E-state index is 7.40. The van der Waals surface area contributed by atoms with E-state index in [0.29, 0.717) is 61.9 Å². The third-order valence-electron chi connectivity index (χ3n) is 29.4. The van der Waals surface area contributed by atoms with Gasteiger partial charge in [-0.3, -0.25) is 29.4 Å². The van der Waals surface area contributed by atoms with Gasteiger partial charge < -0.3 is 18.9 Å². The lowest BCUT2D eigenvalue weighted by Crippen LogP contribution is -2.69. The smallest absolute Gasteiger partial charge is 0.162 e. The van der Waals surface area contributed by atoms with E-state index in [1.807, 2.05) is 0 Å². The lowest BCUT2D eigenvalue weighted by molar-refractivity contribution is -0.341. The number of hydrogen-bond acceptors (Lipinski definition) is 10. The van der Waals surface area contributed by atoms with Crippen molar-refractivity contribution in [3.63, 3.8) is 0 Å². The quantitative estimate of drug-likeness (QED) is 0.189. The van der Waals surface area contributed by atoms with Crippen LogP contribution in [0.1, 0.15) is 284 Å². The molecule has 1 spiro atoms. The molecule has 0 amide bonds. The van der Waals surface area contributed by atoms with Crippen molar-refractivity contribution in [2.24, 2.45) is 62.6 Å². The van der Waals surface area contributed by atoms with Crippen molar-refractivity contribution in [3.05, 3.63) is 0 Å². The Kier molecular flexibility index (Phi) is 18.6. The van der Waals surface area contributed by atoms with E-state index >= 15 is 0 Å². The standard InChI is InChI=1S/C77H146N6O4/c1-61(2,47-76(53-35-63(5,6)78(29)64(7,8)36-53,54-37-65(9,10)79(30)66(11,12)38-54)55-39-67(13,14)80(31)68(15,16)40-55)59-84-49-75(50-85-59)51-86-60(87-52-75)62(3,4)48-77(56-41-69(17,18)81(32)70(19,20)42-56,57-43-71(21,22)82(33)72(23,24)44-57)58-45-73(25,26)83(34)74(27,28)46-58/h53-60H,35-52H2,1-34H3. The highest BCUT2D eigenvalue weighted by atomic mass is 16.7. The Balaban J connectivity index is 1.13. The van der Waals surface area contributed by atoms with E-state index in [2.05, 4.69) is 266 Å². The minimum Gasteiger partial charge on any atom is -0.351 e. The number of nitrogens with zero attached hydrogens (tertiary/aromatic N) is 6. The fourth-order valence-electron chi connectivity index (χ4n) is 23.4. The van der Waals surface area contributed by atoms with E-state index < -0.39 is 0 Å². The summed E-state index contributed by atoms with van der Waals surface area (Å²) in [5.74, 6) is 3.16. The summed E-state index contributed by atoms with van der Waals surface area (Å²) in [4.78, 5) is 16.4. The van der Waals surface area contributed by atoms with Gasteiger partial charge in [0, 0.05) is 77.3 Å². The molecule has 0 aromatic rings. The summed E-state index contributed by atoms with van der Waals surface area (Å²) in [6.07, 6.45) is 15.8. The average molecular weight is 1220 g/mol. The highest BCUT2D eigenvalue weighted by Gasteiger charge is 2.67. The second kappa shape index (κ2) is 22.3. The lowest BCUT2D eigenvalue weighted by Gasteiger charge is -2.68. The van der Waals surface area contributed by atoms with Crippen LogP contribution in [-0.2, 0) is 18.9 Å². The molecule has 0 aliphatic carbocycles. The molecule has 0 N–H and O–H groups in total. The summed E-state index contributed by atoms with van der Waals surface area (Å²) in [6.45, 7) is 73.7. The molecule has 0 bridgehead atoms. The zero-order valence-corrected chi connectivity index (χ0v) is 64.2. The van der Waals surface area contributed by atoms with Crippen molar-refractivity contribution in [1.29, 1.82) is 0 Å². The first kappa shape index (κ1) is 72.4. The first-order valence-corrected chi connectivity index (χ1v) is 35.7. The largest absolute Gasteiger partial charge is 0.351 e. The van der Waals surface area contributed by atoms with Crippen molar-refractivity contribution >= 4 is 0 Å². The first-order chi connectivity index (χ1) is 38.8. The van der Waals surface area contributed by atoms with Crippen LogP contribution in [0.2, 0.25) is 0 Å². The van der Waals surface area contributed by atoms with E-state index in [4.69, 9.17) is 18.9 Å². The molecule has 8 aliphatic heterocycles. The molecule has 8 saturated heterocycles. The second-order valence-corrected chi connectivity index (χ2v) is 41.7. The molecule has 87 heavy (non-hydrogen) atoms. The SMILES string of the molecule is CN1C(C)(C)CC(C(CC(C)(C)C2OCC3(CO2)COC(C(C)(C)CC(C2CC(C)(C)N(C)C(C)(C)C2)(C2CC(C)(C)N(C)C(C)(C)C2)C2CC(C)(C)N(C)C(C)(C)C2)OC3)(C2CC(C)(C)N(C)C(C)(C)C2)C2CC(C)(C)N(C)C(C)(C)C2)CC1(C)C. The Hall–Kier alpha value is -0.400. The molecule has 0 aromatic carbocycles. The minimum atomic E-state index is -0.370. The molecule has 8 heterocycles. The van der Waals surface area contributed by atoms with Crippen LogP contribution in [0.15, 0.2) is 0 Å². The van der Waals surface area contributed by atoms with Gasteiger partial charge in [0.1, 0.15) is 0 Å². The monoisotopic (exact) mass is 1220 g/mol. The zero-order valence-electron chi connectivity index (χ0n) is 64.2. The predicted octanol–water partition coefficient (Wildman–Crippen LogP) is 16.9. The van der Waals surface area contributed by atoms with Gasteiger partial charge in [-0.15, -0.1) is 0 Å². The molecule has 10 heteroatoms. The van der Waals surface area contributed by atoms with Crippen LogP contribution in [0.3, 0.4) is 0 Å². The molecule has 0 saturated carbocycles. The van der Waals surface area contributed by atoms with Crippen molar-refractivity contribution in [2.45, 2.75) is 363 Å². The van der Waals surface area contributed by atoms with Crippen LogP contribution in [0.25, 0.3) is 0 Å². The van der Waals surface area contributed by atoms with Crippen LogP contribution in [-0.4, -0.2) is 177 Å². The molecule has 8 aliphatic rings. The van der Waals surface area contributed by atoms with Crippen molar-refractivity contribution in [1.82, 2.24) is 29.4 Å². The normalized spacial score (nSPS) is 34.6. The van der Waals surface area contributed by atoms with Gasteiger partial charge in [-0.25, -0.2) is 0 Å². The molecule has 8 rings (SSSR count). The number of ether oxygens (including phenoxy) is 4. The third kappa shape index (κ3) is 12.9. The van der Waals surface area contributed by atoms with Gasteiger partial charge in [-0.1, -0.05) is 27.7 Å². The van der Waals surface area contributed by atoms with E-state index in [9.17, 15) is 0 Å². The van der Waals surface area contributed by atoms with Crippen LogP contribution in [0.5, 0.6) is 0 Å². The highest BCUT2D eigenvalue weighted by Crippen LogP contribution is 2.69. The third-order valence-corrected chi connectivity index (χ3v) is 29.4. The first-order valence-electron chi connectivity index (χ1n) is 35.7. The van der Waals surface area contributed by atoms with Gasteiger partial charge in [0.2, 0.25) is 0 Å². The molecular formula is C77H146N6O4. The van der Waals surface area contributed by atoms with Gasteiger partial charge >= 0.3 is 0 Å². The number of likely N-dealkylation sites (tertiary alicyclic amines) is 6. The topological polar surface area (TPSA) is 56.4 Å². The molecule has 0 radical (unpaired) electrons. The Morgan fingerprint density at radius 2 is 0.379 bits per heavy atom. The molecule has 508 valence electrons. The number of piperidine rings is 6. The zero-order chi connectivity index (χ0) is 66.1.